The summed E-state index contributed by atoms with van der Waals surface area (Å²) < 4.78 is 0. The predicted molar refractivity (Wildman–Crippen MR) is 157 cm³/mol. The summed E-state index contributed by atoms with van der Waals surface area (Å²) in [7, 11) is 3.90. The van der Waals surface area contributed by atoms with Crippen molar-refractivity contribution in [1.82, 2.24) is 19.8 Å². The molecule has 0 atom stereocenters. The van der Waals surface area contributed by atoms with Gasteiger partial charge < -0.3 is 25.3 Å². The summed E-state index contributed by atoms with van der Waals surface area (Å²) in [6, 6.07) is 15.7. The average Bonchev–Trinajstić information content (AvgIpc) is 3.77. The van der Waals surface area contributed by atoms with Gasteiger partial charge in [0.05, 0.1) is 12.1 Å². The lowest BCUT2D eigenvalue weighted by Gasteiger charge is -2.41. The van der Waals surface area contributed by atoms with Gasteiger partial charge in [0.2, 0.25) is 11.9 Å². The summed E-state index contributed by atoms with van der Waals surface area (Å²) >= 11 is 0. The number of urea groups is 1. The van der Waals surface area contributed by atoms with Crippen molar-refractivity contribution in [2.24, 2.45) is 0 Å². The molecule has 10 heteroatoms. The minimum atomic E-state index is -0.447. The first kappa shape index (κ1) is 25.8. The highest BCUT2D eigenvalue weighted by molar-refractivity contribution is 5.99. The molecule has 1 saturated carbocycles. The number of para-hydroxylation sites is 1. The normalized spacial score (nSPS) is 17.9. The maximum absolute atomic E-state index is 13.7. The highest BCUT2D eigenvalue weighted by Gasteiger charge is 2.57. The monoisotopic (exact) mass is 538 g/mol. The number of amides is 3. The summed E-state index contributed by atoms with van der Waals surface area (Å²) in [5.41, 5.74) is 4.11. The molecule has 3 amide bonds. The number of hydrogen-bond acceptors (Lipinski definition) is 7. The van der Waals surface area contributed by atoms with E-state index in [0.717, 1.165) is 55.8 Å². The first-order valence-corrected chi connectivity index (χ1v) is 13.6. The fraction of sp³-hybridized carbons (Fsp3) is 0.333. The van der Waals surface area contributed by atoms with E-state index in [9.17, 15) is 9.59 Å². The molecule has 1 aliphatic carbocycles. The van der Waals surface area contributed by atoms with Gasteiger partial charge in [-0.3, -0.25) is 9.69 Å². The van der Waals surface area contributed by atoms with Crippen molar-refractivity contribution < 1.29 is 9.59 Å². The Morgan fingerprint density at radius 3 is 2.48 bits per heavy atom. The van der Waals surface area contributed by atoms with E-state index in [4.69, 9.17) is 4.98 Å². The van der Waals surface area contributed by atoms with E-state index >= 15 is 0 Å². The van der Waals surface area contributed by atoms with Gasteiger partial charge in [0.25, 0.3) is 0 Å². The second-order valence-electron chi connectivity index (χ2n) is 10.7. The minimum absolute atomic E-state index is 0.129. The van der Waals surface area contributed by atoms with Crippen LogP contribution in [0.15, 0.2) is 67.4 Å². The van der Waals surface area contributed by atoms with Crippen LogP contribution in [0.5, 0.6) is 0 Å². The molecule has 1 aromatic heterocycles. The fourth-order valence-corrected chi connectivity index (χ4v) is 5.58. The third-order valence-corrected chi connectivity index (χ3v) is 8.13. The molecule has 10 nitrogen and oxygen atoms in total. The molecule has 0 bridgehead atoms. The first-order chi connectivity index (χ1) is 19.4. The number of benzene rings is 2. The quantitative estimate of drug-likeness (QED) is 0.436. The van der Waals surface area contributed by atoms with E-state index in [1.54, 1.807) is 11.9 Å². The molecular weight excluding hydrogens is 504 g/mol. The standard InChI is InChI=1S/C30H34N8O2/c1-4-26(39)33-25-8-6-5-7-21(25)20-38-29(40)36(3)27-24(30(38)13-14-30)19-31-28(34-27)32-22-9-11-23(12-10-22)37-17-15-35(2)16-18-37/h4-12,19H,1,13-18,20H2,2-3H3,(H,33,39)(H,31,32,34). The van der Waals surface area contributed by atoms with E-state index < -0.39 is 5.54 Å². The molecule has 1 saturated heterocycles. The lowest BCUT2D eigenvalue weighted by atomic mass is 10.0. The number of likely N-dealkylation sites (N-methyl/N-ethyl adjacent to an activating group) is 1. The zero-order valence-electron chi connectivity index (χ0n) is 22.9. The Morgan fingerprint density at radius 1 is 1.05 bits per heavy atom. The molecule has 2 N–H and O–H groups in total. The molecule has 206 valence electrons. The van der Waals surface area contributed by atoms with E-state index in [1.165, 1.54) is 11.8 Å². The summed E-state index contributed by atoms with van der Waals surface area (Å²) in [6.45, 7) is 8.05. The summed E-state index contributed by atoms with van der Waals surface area (Å²) in [6.07, 6.45) is 4.76. The highest BCUT2D eigenvalue weighted by atomic mass is 16.2. The highest BCUT2D eigenvalue weighted by Crippen LogP contribution is 2.56. The van der Waals surface area contributed by atoms with Crippen molar-refractivity contribution in [3.63, 3.8) is 0 Å². The maximum atomic E-state index is 13.7. The van der Waals surface area contributed by atoms with Crippen LogP contribution < -0.4 is 20.4 Å². The number of carbonyl (C=O) groups excluding carboxylic acids is 2. The van der Waals surface area contributed by atoms with Crippen molar-refractivity contribution in [3.8, 4) is 0 Å². The predicted octanol–water partition coefficient (Wildman–Crippen LogP) is 4.16. The zero-order chi connectivity index (χ0) is 27.9. The Bertz CT molecular complexity index is 1440. The van der Waals surface area contributed by atoms with E-state index in [0.29, 0.717) is 24.0 Å². The second kappa shape index (κ2) is 10.3. The van der Waals surface area contributed by atoms with Crippen LogP contribution in [-0.4, -0.2) is 72.0 Å². The lowest BCUT2D eigenvalue weighted by molar-refractivity contribution is -0.111. The Balaban J connectivity index is 1.21. The average molecular weight is 539 g/mol. The van der Waals surface area contributed by atoms with Crippen LogP contribution in [0, 0.1) is 0 Å². The second-order valence-corrected chi connectivity index (χ2v) is 10.7. The largest absolute Gasteiger partial charge is 0.369 e. The maximum Gasteiger partial charge on any atom is 0.326 e. The van der Waals surface area contributed by atoms with Crippen LogP contribution in [0.4, 0.5) is 33.6 Å². The number of carbonyl (C=O) groups is 2. The fourth-order valence-electron chi connectivity index (χ4n) is 5.58. The Morgan fingerprint density at radius 2 is 1.77 bits per heavy atom. The minimum Gasteiger partial charge on any atom is -0.369 e. The van der Waals surface area contributed by atoms with Crippen LogP contribution in [0.3, 0.4) is 0 Å². The van der Waals surface area contributed by atoms with Gasteiger partial charge in [-0.05, 0) is 61.9 Å². The Kier molecular flexibility index (Phi) is 6.63. The molecule has 40 heavy (non-hydrogen) atoms. The topological polar surface area (TPSA) is 96.9 Å². The van der Waals surface area contributed by atoms with Crippen molar-refractivity contribution in [3.05, 3.63) is 78.5 Å². The van der Waals surface area contributed by atoms with Gasteiger partial charge in [-0.2, -0.15) is 4.98 Å². The number of aromatic nitrogens is 2. The van der Waals surface area contributed by atoms with Gasteiger partial charge in [-0.1, -0.05) is 24.8 Å². The molecule has 3 aromatic rings. The molecule has 1 spiro atoms. The summed E-state index contributed by atoms with van der Waals surface area (Å²) in [5.74, 6) is 0.787. The summed E-state index contributed by atoms with van der Waals surface area (Å²) in [5, 5.41) is 6.16. The SMILES string of the molecule is C=CC(=O)Nc1ccccc1CN1C(=O)N(C)c2nc(Nc3ccc(N4CCN(C)CC4)cc3)ncc2C12CC2. The van der Waals surface area contributed by atoms with E-state index in [2.05, 4.69) is 51.2 Å². The third-order valence-electron chi connectivity index (χ3n) is 8.13. The van der Waals surface area contributed by atoms with Crippen LogP contribution in [0.25, 0.3) is 0 Å². The number of nitrogens with zero attached hydrogens (tertiary/aromatic N) is 6. The third kappa shape index (κ3) is 4.75. The number of rotatable bonds is 7. The molecule has 6 rings (SSSR count). The van der Waals surface area contributed by atoms with Crippen molar-refractivity contribution in [2.75, 3.05) is 60.7 Å². The smallest absolute Gasteiger partial charge is 0.326 e. The van der Waals surface area contributed by atoms with Gasteiger partial charge in [0, 0.05) is 62.0 Å². The van der Waals surface area contributed by atoms with Gasteiger partial charge in [-0.15, -0.1) is 0 Å². The number of nitrogens with one attached hydrogen (secondary N) is 2. The molecule has 2 aliphatic heterocycles. The van der Waals surface area contributed by atoms with Crippen LogP contribution in [0.1, 0.15) is 24.0 Å². The zero-order valence-corrected chi connectivity index (χ0v) is 22.9. The lowest BCUT2D eigenvalue weighted by Crippen LogP contribution is -2.52. The number of anilines is 5. The molecular formula is C30H34N8O2. The van der Waals surface area contributed by atoms with Crippen molar-refractivity contribution in [1.29, 1.82) is 0 Å². The molecule has 2 fully saturated rings. The van der Waals surface area contributed by atoms with Crippen LogP contribution in [-0.2, 0) is 16.9 Å². The first-order valence-electron chi connectivity index (χ1n) is 13.6. The molecule has 0 unspecified atom stereocenters. The van der Waals surface area contributed by atoms with Gasteiger partial charge in [0.1, 0.15) is 5.82 Å². The van der Waals surface area contributed by atoms with Gasteiger partial charge >= 0.3 is 6.03 Å². The number of hydrogen-bond donors (Lipinski definition) is 2. The van der Waals surface area contributed by atoms with E-state index in [-0.39, 0.29) is 11.9 Å². The molecule has 3 aliphatic rings. The Hall–Kier alpha value is -4.44. The number of piperazine rings is 1. The molecule has 0 radical (unpaired) electrons. The number of fused-ring (bicyclic) bond motifs is 2. The van der Waals surface area contributed by atoms with Crippen LogP contribution in [0.2, 0.25) is 0 Å². The Labute approximate surface area is 234 Å². The van der Waals surface area contributed by atoms with Gasteiger partial charge in [0.15, 0.2) is 0 Å². The molecule has 3 heterocycles. The van der Waals surface area contributed by atoms with Crippen molar-refractivity contribution >= 4 is 40.8 Å². The van der Waals surface area contributed by atoms with Crippen LogP contribution >= 0.6 is 0 Å². The van der Waals surface area contributed by atoms with Crippen molar-refractivity contribution in [2.45, 2.75) is 24.9 Å². The van der Waals surface area contributed by atoms with E-state index in [1.807, 2.05) is 47.5 Å². The molecule has 2 aromatic carbocycles. The summed E-state index contributed by atoms with van der Waals surface area (Å²) in [4.78, 5) is 43.3. The van der Waals surface area contributed by atoms with Gasteiger partial charge in [-0.25, -0.2) is 9.78 Å².